The third kappa shape index (κ3) is 6.83. The van der Waals surface area contributed by atoms with Gasteiger partial charge in [-0.1, -0.05) is 66.3 Å². The van der Waals surface area contributed by atoms with Gasteiger partial charge in [0.05, 0.1) is 6.42 Å². The lowest BCUT2D eigenvalue weighted by Crippen LogP contribution is -2.26. The molecule has 3 aromatic rings. The lowest BCUT2D eigenvalue weighted by Gasteiger charge is -2.05. The van der Waals surface area contributed by atoms with Crippen LogP contribution in [0.3, 0.4) is 0 Å². The average Bonchev–Trinajstić information content (AvgIpc) is 3.13. The number of amides is 1. The SMILES string of the molecule is O=C(Cc1ccccc1)NCCCCCc1nnc(Nc2ccccc2)s1. The number of benzene rings is 2. The molecule has 0 spiro atoms. The Morgan fingerprint density at radius 2 is 1.63 bits per heavy atom. The fraction of sp³-hybridized carbons (Fsp3) is 0.286. The molecule has 2 aromatic carbocycles. The molecule has 140 valence electrons. The smallest absolute Gasteiger partial charge is 0.224 e. The van der Waals surface area contributed by atoms with E-state index in [0.717, 1.165) is 53.6 Å². The molecule has 0 aliphatic rings. The number of hydrogen-bond acceptors (Lipinski definition) is 5. The van der Waals surface area contributed by atoms with Crippen molar-refractivity contribution in [1.82, 2.24) is 15.5 Å². The zero-order valence-electron chi connectivity index (χ0n) is 15.2. The summed E-state index contributed by atoms with van der Waals surface area (Å²) in [5.41, 5.74) is 2.07. The lowest BCUT2D eigenvalue weighted by molar-refractivity contribution is -0.120. The highest BCUT2D eigenvalue weighted by Crippen LogP contribution is 2.21. The van der Waals surface area contributed by atoms with Gasteiger partial charge in [-0.3, -0.25) is 4.79 Å². The first kappa shape index (κ1) is 19.0. The molecule has 1 amide bonds. The van der Waals surface area contributed by atoms with Crippen molar-refractivity contribution in [3.8, 4) is 0 Å². The van der Waals surface area contributed by atoms with Crippen molar-refractivity contribution < 1.29 is 4.79 Å². The molecule has 2 N–H and O–H groups in total. The molecule has 5 nitrogen and oxygen atoms in total. The minimum Gasteiger partial charge on any atom is -0.356 e. The van der Waals surface area contributed by atoms with Gasteiger partial charge < -0.3 is 10.6 Å². The Labute approximate surface area is 163 Å². The number of anilines is 2. The number of carbonyl (C=O) groups excluding carboxylic acids is 1. The van der Waals surface area contributed by atoms with E-state index < -0.39 is 0 Å². The fourth-order valence-electron chi connectivity index (χ4n) is 2.70. The summed E-state index contributed by atoms with van der Waals surface area (Å²) in [4.78, 5) is 11.9. The number of unbranched alkanes of at least 4 members (excludes halogenated alkanes) is 2. The zero-order valence-corrected chi connectivity index (χ0v) is 16.0. The fourth-order valence-corrected chi connectivity index (χ4v) is 3.50. The summed E-state index contributed by atoms with van der Waals surface area (Å²) in [7, 11) is 0. The minimum atomic E-state index is 0.0851. The van der Waals surface area contributed by atoms with Crippen LogP contribution < -0.4 is 10.6 Å². The Bertz CT molecular complexity index is 820. The van der Waals surface area contributed by atoms with Crippen LogP contribution in [0.5, 0.6) is 0 Å². The topological polar surface area (TPSA) is 66.9 Å². The molecule has 0 bridgehead atoms. The normalized spacial score (nSPS) is 10.5. The predicted octanol–water partition coefficient (Wildman–Crippen LogP) is 4.35. The van der Waals surface area contributed by atoms with Gasteiger partial charge in [0.2, 0.25) is 11.0 Å². The minimum absolute atomic E-state index is 0.0851. The van der Waals surface area contributed by atoms with E-state index in [1.807, 2.05) is 60.7 Å². The highest BCUT2D eigenvalue weighted by atomic mass is 32.1. The van der Waals surface area contributed by atoms with E-state index in [4.69, 9.17) is 0 Å². The van der Waals surface area contributed by atoms with Gasteiger partial charge in [-0.25, -0.2) is 0 Å². The van der Waals surface area contributed by atoms with Crippen LogP contribution in [0.15, 0.2) is 60.7 Å². The zero-order chi connectivity index (χ0) is 18.7. The molecule has 0 aliphatic heterocycles. The van der Waals surface area contributed by atoms with Gasteiger partial charge in [0, 0.05) is 18.7 Å². The molecule has 0 fully saturated rings. The molecule has 0 saturated heterocycles. The Balaban J connectivity index is 1.28. The van der Waals surface area contributed by atoms with Crippen LogP contribution in [0.4, 0.5) is 10.8 Å². The van der Waals surface area contributed by atoms with Crippen LogP contribution in [0, 0.1) is 0 Å². The largest absolute Gasteiger partial charge is 0.356 e. The number of aryl methyl sites for hydroxylation is 1. The second kappa shape index (κ2) is 10.4. The molecule has 0 saturated carbocycles. The Kier molecular flexibility index (Phi) is 7.35. The summed E-state index contributed by atoms with van der Waals surface area (Å²) in [6.45, 7) is 0.725. The van der Waals surface area contributed by atoms with E-state index >= 15 is 0 Å². The summed E-state index contributed by atoms with van der Waals surface area (Å²) >= 11 is 1.59. The number of para-hydroxylation sites is 1. The molecule has 0 atom stereocenters. The van der Waals surface area contributed by atoms with Gasteiger partial charge in [0.1, 0.15) is 5.01 Å². The van der Waals surface area contributed by atoms with E-state index in [1.54, 1.807) is 11.3 Å². The first-order valence-corrected chi connectivity index (χ1v) is 10.1. The average molecular weight is 381 g/mol. The van der Waals surface area contributed by atoms with Gasteiger partial charge in [-0.2, -0.15) is 0 Å². The van der Waals surface area contributed by atoms with E-state index in [2.05, 4.69) is 20.8 Å². The summed E-state index contributed by atoms with van der Waals surface area (Å²) in [6.07, 6.45) is 4.46. The summed E-state index contributed by atoms with van der Waals surface area (Å²) in [5.74, 6) is 0.0851. The van der Waals surface area contributed by atoms with Crippen LogP contribution in [0.1, 0.15) is 29.8 Å². The molecule has 0 unspecified atom stereocenters. The van der Waals surface area contributed by atoms with Crippen LogP contribution in [0.2, 0.25) is 0 Å². The summed E-state index contributed by atoms with van der Waals surface area (Å²) in [6, 6.07) is 19.8. The molecule has 0 radical (unpaired) electrons. The molecule has 1 aromatic heterocycles. The van der Waals surface area contributed by atoms with Crippen LogP contribution in [-0.2, 0) is 17.6 Å². The van der Waals surface area contributed by atoms with Gasteiger partial charge in [0.25, 0.3) is 0 Å². The highest BCUT2D eigenvalue weighted by molar-refractivity contribution is 7.15. The second-order valence-corrected chi connectivity index (χ2v) is 7.38. The molecule has 27 heavy (non-hydrogen) atoms. The summed E-state index contributed by atoms with van der Waals surface area (Å²) < 4.78 is 0. The van der Waals surface area contributed by atoms with Crippen molar-refractivity contribution in [3.63, 3.8) is 0 Å². The van der Waals surface area contributed by atoms with Crippen molar-refractivity contribution in [3.05, 3.63) is 71.2 Å². The quantitative estimate of drug-likeness (QED) is 0.513. The Morgan fingerprint density at radius 3 is 2.41 bits per heavy atom. The van der Waals surface area contributed by atoms with Crippen molar-refractivity contribution in [2.75, 3.05) is 11.9 Å². The highest BCUT2D eigenvalue weighted by Gasteiger charge is 2.05. The van der Waals surface area contributed by atoms with Crippen molar-refractivity contribution in [1.29, 1.82) is 0 Å². The van der Waals surface area contributed by atoms with Crippen LogP contribution in [0.25, 0.3) is 0 Å². The van der Waals surface area contributed by atoms with Crippen molar-refractivity contribution in [2.24, 2.45) is 0 Å². The second-order valence-electron chi connectivity index (χ2n) is 6.31. The molecule has 0 aliphatic carbocycles. The number of nitrogens with one attached hydrogen (secondary N) is 2. The van der Waals surface area contributed by atoms with E-state index in [9.17, 15) is 4.79 Å². The maximum absolute atomic E-state index is 11.9. The number of rotatable bonds is 10. The molecule has 1 heterocycles. The number of hydrogen-bond donors (Lipinski definition) is 2. The number of carbonyl (C=O) groups is 1. The molecular weight excluding hydrogens is 356 g/mol. The molecule has 3 rings (SSSR count). The van der Waals surface area contributed by atoms with Crippen molar-refractivity contribution >= 4 is 28.1 Å². The third-order valence-electron chi connectivity index (χ3n) is 4.09. The maximum Gasteiger partial charge on any atom is 0.224 e. The summed E-state index contributed by atoms with van der Waals surface area (Å²) in [5, 5.41) is 16.5. The first-order chi connectivity index (χ1) is 13.3. The Morgan fingerprint density at radius 1 is 0.889 bits per heavy atom. The van der Waals surface area contributed by atoms with Crippen molar-refractivity contribution in [2.45, 2.75) is 32.1 Å². The van der Waals surface area contributed by atoms with E-state index in [1.165, 1.54) is 0 Å². The van der Waals surface area contributed by atoms with E-state index in [-0.39, 0.29) is 5.91 Å². The third-order valence-corrected chi connectivity index (χ3v) is 4.99. The monoisotopic (exact) mass is 380 g/mol. The predicted molar refractivity (Wildman–Crippen MR) is 110 cm³/mol. The van der Waals surface area contributed by atoms with Gasteiger partial charge >= 0.3 is 0 Å². The van der Waals surface area contributed by atoms with Crippen LogP contribution in [-0.4, -0.2) is 22.6 Å². The number of aromatic nitrogens is 2. The molecule has 6 heteroatoms. The van der Waals surface area contributed by atoms with Gasteiger partial charge in [0.15, 0.2) is 0 Å². The Hall–Kier alpha value is -2.73. The lowest BCUT2D eigenvalue weighted by atomic mass is 10.1. The standard InChI is InChI=1S/C21H24N4OS/c26-19(16-17-10-4-1-5-11-17)22-15-9-3-8-14-20-24-25-21(27-20)23-18-12-6-2-7-13-18/h1-2,4-7,10-13H,3,8-9,14-16H2,(H,22,26)(H,23,25). The molecular formula is C21H24N4OS. The maximum atomic E-state index is 11.9. The van der Waals surface area contributed by atoms with Gasteiger partial charge in [-0.15, -0.1) is 10.2 Å². The van der Waals surface area contributed by atoms with E-state index in [0.29, 0.717) is 6.42 Å². The first-order valence-electron chi connectivity index (χ1n) is 9.25. The van der Waals surface area contributed by atoms with Crippen LogP contribution >= 0.6 is 11.3 Å². The number of nitrogens with zero attached hydrogens (tertiary/aromatic N) is 2. The van der Waals surface area contributed by atoms with Gasteiger partial charge in [-0.05, 0) is 30.5 Å².